The number of amides is 1. The highest BCUT2D eigenvalue weighted by molar-refractivity contribution is 5.91. The molecule has 5 atom stereocenters. The minimum absolute atomic E-state index is 0.143. The summed E-state index contributed by atoms with van der Waals surface area (Å²) >= 11 is 0. The van der Waals surface area contributed by atoms with E-state index in [-0.39, 0.29) is 11.9 Å². The summed E-state index contributed by atoms with van der Waals surface area (Å²) in [5.41, 5.74) is 0.152. The molecule has 0 aromatic carbocycles. The molecule has 22 heavy (non-hydrogen) atoms. The van der Waals surface area contributed by atoms with Gasteiger partial charge < -0.3 is 14.7 Å². The van der Waals surface area contributed by atoms with Gasteiger partial charge in [0.05, 0.1) is 24.6 Å². The van der Waals surface area contributed by atoms with Gasteiger partial charge in [0.1, 0.15) is 11.5 Å². The predicted molar refractivity (Wildman–Crippen MR) is 75.7 cm³/mol. The number of fused-ring (bicyclic) bond motifs is 1. The minimum Gasteiger partial charge on any atom is -0.481 e. The molecule has 1 N–H and O–H groups in total. The topological polar surface area (TPSA) is 79.7 Å². The van der Waals surface area contributed by atoms with Crippen molar-refractivity contribution in [1.82, 2.24) is 9.88 Å². The van der Waals surface area contributed by atoms with Crippen molar-refractivity contribution < 1.29 is 19.4 Å². The molecule has 1 aromatic rings. The van der Waals surface area contributed by atoms with Crippen LogP contribution in [0.15, 0.2) is 36.7 Å². The first-order chi connectivity index (χ1) is 10.5. The number of ether oxygens (including phenoxy) is 1. The van der Waals surface area contributed by atoms with Gasteiger partial charge in [0.15, 0.2) is 0 Å². The highest BCUT2D eigenvalue weighted by Gasteiger charge is 2.67. The van der Waals surface area contributed by atoms with Crippen molar-refractivity contribution >= 4 is 11.9 Å². The minimum atomic E-state index is -0.967. The fraction of sp³-hybridized carbons (Fsp3) is 0.438. The summed E-state index contributed by atoms with van der Waals surface area (Å²) in [6.07, 6.45) is 6.58. The zero-order valence-electron chi connectivity index (χ0n) is 12.0. The Morgan fingerprint density at radius 3 is 3.09 bits per heavy atom. The highest BCUT2D eigenvalue weighted by Crippen LogP contribution is 2.53. The number of pyridine rings is 1. The van der Waals surface area contributed by atoms with Crippen molar-refractivity contribution in [2.45, 2.75) is 24.7 Å². The molecule has 0 radical (unpaired) electrons. The molecule has 0 aliphatic carbocycles. The molecular weight excluding hydrogens is 284 g/mol. The van der Waals surface area contributed by atoms with E-state index in [1.54, 1.807) is 23.4 Å². The normalized spacial score (nSPS) is 36.7. The Balaban J connectivity index is 1.68. The first kappa shape index (κ1) is 13.5. The Bertz CT molecular complexity index is 674. The molecule has 2 bridgehead atoms. The number of nitrogens with zero attached hydrogens (tertiary/aromatic N) is 2. The van der Waals surface area contributed by atoms with Crippen molar-refractivity contribution in [1.29, 1.82) is 0 Å². The van der Waals surface area contributed by atoms with E-state index < -0.39 is 29.5 Å². The van der Waals surface area contributed by atoms with E-state index in [0.717, 1.165) is 5.56 Å². The molecule has 6 heteroatoms. The summed E-state index contributed by atoms with van der Waals surface area (Å²) in [6, 6.07) is 3.58. The summed E-state index contributed by atoms with van der Waals surface area (Å²) < 4.78 is 5.87. The molecule has 6 nitrogen and oxygen atoms in total. The monoisotopic (exact) mass is 300 g/mol. The Morgan fingerprint density at radius 1 is 1.59 bits per heavy atom. The van der Waals surface area contributed by atoms with Crippen molar-refractivity contribution in [2.24, 2.45) is 11.8 Å². The first-order valence-corrected chi connectivity index (χ1v) is 7.34. The third-order valence-corrected chi connectivity index (χ3v) is 5.05. The van der Waals surface area contributed by atoms with Crippen molar-refractivity contribution in [3.05, 3.63) is 42.2 Å². The molecule has 1 aromatic heterocycles. The Hall–Kier alpha value is -2.21. The highest BCUT2D eigenvalue weighted by atomic mass is 16.5. The van der Waals surface area contributed by atoms with E-state index in [1.807, 2.05) is 25.1 Å². The van der Waals surface area contributed by atoms with Crippen LogP contribution >= 0.6 is 0 Å². The summed E-state index contributed by atoms with van der Waals surface area (Å²) in [4.78, 5) is 30.2. The molecule has 114 valence electrons. The smallest absolute Gasteiger partial charge is 0.310 e. The Kier molecular flexibility index (Phi) is 2.69. The number of hydrogen-bond donors (Lipinski definition) is 1. The van der Waals surface area contributed by atoms with Crippen LogP contribution in [0.4, 0.5) is 0 Å². The molecule has 4 heterocycles. The Labute approximate surface area is 127 Å². The van der Waals surface area contributed by atoms with Gasteiger partial charge >= 0.3 is 5.97 Å². The van der Waals surface area contributed by atoms with E-state index in [9.17, 15) is 14.7 Å². The second-order valence-corrected chi connectivity index (χ2v) is 6.17. The van der Waals surface area contributed by atoms with Gasteiger partial charge in [-0.05, 0) is 18.6 Å². The fourth-order valence-electron chi connectivity index (χ4n) is 3.94. The van der Waals surface area contributed by atoms with E-state index in [0.29, 0.717) is 6.54 Å². The second kappa shape index (κ2) is 4.39. The van der Waals surface area contributed by atoms with Crippen LogP contribution < -0.4 is 0 Å². The lowest BCUT2D eigenvalue weighted by molar-refractivity contribution is -0.148. The summed E-state index contributed by atoms with van der Waals surface area (Å²) in [7, 11) is 0. The van der Waals surface area contributed by atoms with Crippen LogP contribution in [0.2, 0.25) is 0 Å². The van der Waals surface area contributed by atoms with Gasteiger partial charge in [0.25, 0.3) is 0 Å². The number of rotatable bonds is 3. The van der Waals surface area contributed by atoms with E-state index in [4.69, 9.17) is 4.74 Å². The van der Waals surface area contributed by atoms with Crippen LogP contribution in [0.3, 0.4) is 0 Å². The van der Waals surface area contributed by atoms with Crippen LogP contribution in [0.1, 0.15) is 18.5 Å². The van der Waals surface area contributed by atoms with Gasteiger partial charge in [0.2, 0.25) is 5.91 Å². The average Bonchev–Trinajstić information content (AvgIpc) is 3.15. The van der Waals surface area contributed by atoms with Crippen molar-refractivity contribution in [2.75, 3.05) is 6.54 Å². The van der Waals surface area contributed by atoms with Crippen LogP contribution in [-0.4, -0.2) is 45.1 Å². The van der Waals surface area contributed by atoms with Gasteiger partial charge in [-0.1, -0.05) is 18.2 Å². The fourth-order valence-corrected chi connectivity index (χ4v) is 3.94. The predicted octanol–water partition coefficient (Wildman–Crippen LogP) is 1.01. The third-order valence-electron chi connectivity index (χ3n) is 5.05. The third kappa shape index (κ3) is 1.61. The average molecular weight is 300 g/mol. The van der Waals surface area contributed by atoms with Gasteiger partial charge in [-0.2, -0.15) is 0 Å². The summed E-state index contributed by atoms with van der Waals surface area (Å²) in [5.74, 6) is -2.52. The number of aliphatic carboxylic acids is 1. The first-order valence-electron chi connectivity index (χ1n) is 7.34. The van der Waals surface area contributed by atoms with Crippen molar-refractivity contribution in [3.63, 3.8) is 0 Å². The van der Waals surface area contributed by atoms with Crippen LogP contribution in [0.25, 0.3) is 0 Å². The molecule has 0 saturated carbocycles. The summed E-state index contributed by atoms with van der Waals surface area (Å²) in [6.45, 7) is 2.32. The van der Waals surface area contributed by atoms with E-state index in [1.165, 1.54) is 0 Å². The molecule has 0 unspecified atom stereocenters. The number of carbonyl (C=O) groups is 2. The zero-order chi connectivity index (χ0) is 15.5. The summed E-state index contributed by atoms with van der Waals surface area (Å²) in [5, 5.41) is 9.44. The number of hydrogen-bond acceptors (Lipinski definition) is 4. The molecule has 1 spiro atoms. The number of carbonyl (C=O) groups excluding carboxylic acids is 1. The van der Waals surface area contributed by atoms with Gasteiger partial charge in [0, 0.05) is 12.4 Å². The maximum atomic E-state index is 12.8. The number of carboxylic acid groups (broad SMARTS) is 1. The Morgan fingerprint density at radius 2 is 2.41 bits per heavy atom. The lowest BCUT2D eigenvalue weighted by Crippen LogP contribution is -2.39. The molecule has 3 aliphatic rings. The van der Waals surface area contributed by atoms with Gasteiger partial charge in [-0.3, -0.25) is 14.6 Å². The van der Waals surface area contributed by atoms with E-state index in [2.05, 4.69) is 4.98 Å². The zero-order valence-corrected chi connectivity index (χ0v) is 12.0. The lowest BCUT2D eigenvalue weighted by atomic mass is 9.77. The molecule has 4 rings (SSSR count). The number of carboxylic acids is 1. The molecule has 2 saturated heterocycles. The van der Waals surface area contributed by atoms with Gasteiger partial charge in [-0.25, -0.2) is 0 Å². The SMILES string of the molecule is C[C@H](c1cccnc1)N1C[C@]23C=C[C@H](O2)[C@H](C(=O)O)[C@@H]3C1=O. The number of likely N-dealkylation sites (tertiary alicyclic amines) is 1. The largest absolute Gasteiger partial charge is 0.481 e. The van der Waals surface area contributed by atoms with Crippen LogP contribution in [0, 0.1) is 11.8 Å². The van der Waals surface area contributed by atoms with Crippen molar-refractivity contribution in [3.8, 4) is 0 Å². The molecule has 1 amide bonds. The molecule has 3 aliphatic heterocycles. The maximum absolute atomic E-state index is 12.8. The molecular formula is C16H16N2O4. The van der Waals surface area contributed by atoms with Gasteiger partial charge in [-0.15, -0.1) is 0 Å². The standard InChI is InChI=1S/C16H16N2O4/c1-9(10-3-2-6-17-7-10)18-8-16-5-4-11(22-16)12(15(20)21)13(16)14(18)19/h2-7,9,11-13H,8H2,1H3,(H,20,21)/t9-,11+,12+,13-,16+/m1/s1. The molecule has 2 fully saturated rings. The lowest BCUT2D eigenvalue weighted by Gasteiger charge is -2.27. The van der Waals surface area contributed by atoms with Crippen LogP contribution in [-0.2, 0) is 14.3 Å². The van der Waals surface area contributed by atoms with Crippen LogP contribution in [0.5, 0.6) is 0 Å². The maximum Gasteiger partial charge on any atom is 0.310 e. The van der Waals surface area contributed by atoms with E-state index >= 15 is 0 Å². The number of aromatic nitrogens is 1. The second-order valence-electron chi connectivity index (χ2n) is 6.17. The quantitative estimate of drug-likeness (QED) is 0.843.